The third-order valence-corrected chi connectivity index (χ3v) is 3.60. The maximum atomic E-state index is 12.3. The van der Waals surface area contributed by atoms with Gasteiger partial charge in [-0.25, -0.2) is 0 Å². The van der Waals surface area contributed by atoms with E-state index < -0.39 is 0 Å². The van der Waals surface area contributed by atoms with Crippen LogP contribution in [0.4, 0.5) is 0 Å². The number of ketones is 1. The highest BCUT2D eigenvalue weighted by molar-refractivity contribution is 5.98. The molecular formula is C18H18O2. The monoisotopic (exact) mass is 266 g/mol. The van der Waals surface area contributed by atoms with Crippen LogP contribution in [0.25, 0.3) is 0 Å². The lowest BCUT2D eigenvalue weighted by molar-refractivity contribution is 0.0991. The Bertz CT molecular complexity index is 642. The molecule has 1 aliphatic heterocycles. The summed E-state index contributed by atoms with van der Waals surface area (Å²) in [4.78, 5) is 12.3. The van der Waals surface area contributed by atoms with Crippen molar-refractivity contribution >= 4 is 5.78 Å². The van der Waals surface area contributed by atoms with E-state index in [0.717, 1.165) is 23.3 Å². The van der Waals surface area contributed by atoms with Gasteiger partial charge in [0.15, 0.2) is 5.78 Å². The van der Waals surface area contributed by atoms with Gasteiger partial charge in [0.05, 0.1) is 0 Å². The van der Waals surface area contributed by atoms with Gasteiger partial charge in [0.2, 0.25) is 0 Å². The molecule has 0 amide bonds. The maximum Gasteiger partial charge on any atom is 0.167 e. The molecule has 20 heavy (non-hydrogen) atoms. The molecule has 0 unspecified atom stereocenters. The standard InChI is InChI=1S/C18H18O2/c1-18(2)12-15-9-8-14(11-17(15)20-18)16(19)10-13-6-4-3-5-7-13/h3-9,11H,10,12H2,1-2H3. The van der Waals surface area contributed by atoms with Gasteiger partial charge in [0.1, 0.15) is 11.4 Å². The lowest BCUT2D eigenvalue weighted by Gasteiger charge is -2.16. The molecule has 0 spiro atoms. The van der Waals surface area contributed by atoms with Crippen molar-refractivity contribution < 1.29 is 9.53 Å². The van der Waals surface area contributed by atoms with E-state index in [1.807, 2.05) is 48.5 Å². The number of ether oxygens (including phenoxy) is 1. The summed E-state index contributed by atoms with van der Waals surface area (Å²) in [6.45, 7) is 4.14. The van der Waals surface area contributed by atoms with Crippen LogP contribution >= 0.6 is 0 Å². The topological polar surface area (TPSA) is 26.3 Å². The molecule has 1 aliphatic rings. The Balaban J connectivity index is 1.81. The molecule has 102 valence electrons. The van der Waals surface area contributed by atoms with Crippen molar-refractivity contribution in [3.8, 4) is 5.75 Å². The molecule has 2 aromatic rings. The minimum Gasteiger partial charge on any atom is -0.487 e. The van der Waals surface area contributed by atoms with E-state index in [0.29, 0.717) is 6.42 Å². The third-order valence-electron chi connectivity index (χ3n) is 3.60. The van der Waals surface area contributed by atoms with E-state index >= 15 is 0 Å². The molecule has 0 aromatic heterocycles. The highest BCUT2D eigenvalue weighted by Crippen LogP contribution is 2.35. The summed E-state index contributed by atoms with van der Waals surface area (Å²) < 4.78 is 5.88. The SMILES string of the molecule is CC1(C)Cc2ccc(C(=O)Cc3ccccc3)cc2O1. The van der Waals surface area contributed by atoms with Crippen LogP contribution in [0, 0.1) is 0 Å². The quantitative estimate of drug-likeness (QED) is 0.789. The average Bonchev–Trinajstić information content (AvgIpc) is 2.72. The molecule has 2 aromatic carbocycles. The summed E-state index contributed by atoms with van der Waals surface area (Å²) in [5.74, 6) is 0.987. The number of rotatable bonds is 3. The number of fused-ring (bicyclic) bond motifs is 1. The molecule has 0 radical (unpaired) electrons. The molecule has 0 aliphatic carbocycles. The summed E-state index contributed by atoms with van der Waals surface area (Å²) in [6, 6.07) is 15.6. The average molecular weight is 266 g/mol. The molecule has 0 bridgehead atoms. The molecule has 0 atom stereocenters. The summed E-state index contributed by atoms with van der Waals surface area (Å²) in [5, 5.41) is 0. The van der Waals surface area contributed by atoms with E-state index in [-0.39, 0.29) is 11.4 Å². The fourth-order valence-corrected chi connectivity index (χ4v) is 2.64. The molecule has 2 nitrogen and oxygen atoms in total. The van der Waals surface area contributed by atoms with Crippen molar-refractivity contribution in [2.45, 2.75) is 32.3 Å². The van der Waals surface area contributed by atoms with Gasteiger partial charge >= 0.3 is 0 Å². The number of carbonyl (C=O) groups is 1. The van der Waals surface area contributed by atoms with Crippen molar-refractivity contribution in [3.63, 3.8) is 0 Å². The van der Waals surface area contributed by atoms with E-state index in [2.05, 4.69) is 13.8 Å². The summed E-state index contributed by atoms with van der Waals surface area (Å²) in [7, 11) is 0. The van der Waals surface area contributed by atoms with Crippen LogP contribution in [0.15, 0.2) is 48.5 Å². The molecule has 0 fully saturated rings. The summed E-state index contributed by atoms with van der Waals surface area (Å²) in [6.07, 6.45) is 1.33. The molecule has 1 heterocycles. The van der Waals surface area contributed by atoms with Gasteiger partial charge in [0.25, 0.3) is 0 Å². The van der Waals surface area contributed by atoms with Crippen LogP contribution in [-0.2, 0) is 12.8 Å². The Labute approximate surface area is 119 Å². The van der Waals surface area contributed by atoms with E-state index in [4.69, 9.17) is 4.74 Å². The van der Waals surface area contributed by atoms with Gasteiger partial charge in [-0.15, -0.1) is 0 Å². The third kappa shape index (κ3) is 2.60. The Morgan fingerprint density at radius 1 is 1.15 bits per heavy atom. The largest absolute Gasteiger partial charge is 0.487 e. The molecular weight excluding hydrogens is 248 g/mol. The van der Waals surface area contributed by atoms with Crippen LogP contribution in [0.5, 0.6) is 5.75 Å². The summed E-state index contributed by atoms with van der Waals surface area (Å²) in [5.41, 5.74) is 2.79. The first-order valence-corrected chi connectivity index (χ1v) is 6.93. The second-order valence-corrected chi connectivity index (χ2v) is 5.95. The van der Waals surface area contributed by atoms with Crippen LogP contribution < -0.4 is 4.74 Å². The fourth-order valence-electron chi connectivity index (χ4n) is 2.64. The first-order chi connectivity index (χ1) is 9.53. The number of benzene rings is 2. The zero-order valence-corrected chi connectivity index (χ0v) is 11.8. The number of hydrogen-bond acceptors (Lipinski definition) is 2. The van der Waals surface area contributed by atoms with Gasteiger partial charge < -0.3 is 4.74 Å². The predicted octanol–water partition coefficient (Wildman–Crippen LogP) is 3.83. The van der Waals surface area contributed by atoms with Crippen molar-refractivity contribution in [3.05, 3.63) is 65.2 Å². The Morgan fingerprint density at radius 3 is 2.65 bits per heavy atom. The molecule has 0 saturated carbocycles. The normalized spacial score (nSPS) is 15.5. The number of Topliss-reactive ketones (excluding diaryl/α,β-unsaturated/α-hetero) is 1. The van der Waals surface area contributed by atoms with Crippen molar-refractivity contribution in [1.82, 2.24) is 0 Å². The highest BCUT2D eigenvalue weighted by atomic mass is 16.5. The van der Waals surface area contributed by atoms with E-state index in [1.165, 1.54) is 5.56 Å². The van der Waals surface area contributed by atoms with Gasteiger partial charge in [-0.05, 0) is 31.0 Å². The van der Waals surface area contributed by atoms with Crippen molar-refractivity contribution in [2.75, 3.05) is 0 Å². The van der Waals surface area contributed by atoms with Crippen LogP contribution in [0.3, 0.4) is 0 Å². The van der Waals surface area contributed by atoms with Crippen molar-refractivity contribution in [1.29, 1.82) is 0 Å². The predicted molar refractivity (Wildman–Crippen MR) is 79.3 cm³/mol. The fraction of sp³-hybridized carbons (Fsp3) is 0.278. The molecule has 3 rings (SSSR count). The molecule has 0 N–H and O–H groups in total. The lowest BCUT2D eigenvalue weighted by atomic mass is 9.98. The second-order valence-electron chi connectivity index (χ2n) is 5.95. The Hall–Kier alpha value is -2.09. The second kappa shape index (κ2) is 4.78. The minimum atomic E-state index is -0.163. The first kappa shape index (κ1) is 12.9. The smallest absolute Gasteiger partial charge is 0.167 e. The maximum absolute atomic E-state index is 12.3. The zero-order valence-electron chi connectivity index (χ0n) is 11.8. The molecule has 2 heteroatoms. The summed E-state index contributed by atoms with van der Waals surface area (Å²) >= 11 is 0. The van der Waals surface area contributed by atoms with Crippen molar-refractivity contribution in [2.24, 2.45) is 0 Å². The zero-order chi connectivity index (χ0) is 14.2. The number of hydrogen-bond donors (Lipinski definition) is 0. The first-order valence-electron chi connectivity index (χ1n) is 6.93. The van der Waals surface area contributed by atoms with Crippen LogP contribution in [0.2, 0.25) is 0 Å². The highest BCUT2D eigenvalue weighted by Gasteiger charge is 2.30. The lowest BCUT2D eigenvalue weighted by Crippen LogP contribution is -2.24. The van der Waals surface area contributed by atoms with Gasteiger partial charge in [0, 0.05) is 18.4 Å². The number of carbonyl (C=O) groups excluding carboxylic acids is 1. The van der Waals surface area contributed by atoms with Crippen LogP contribution in [0.1, 0.15) is 35.3 Å². The molecule has 0 saturated heterocycles. The Kier molecular flexibility index (Phi) is 3.09. The Morgan fingerprint density at radius 2 is 1.90 bits per heavy atom. The van der Waals surface area contributed by atoms with Crippen LogP contribution in [-0.4, -0.2) is 11.4 Å². The van der Waals surface area contributed by atoms with E-state index in [1.54, 1.807) is 0 Å². The van der Waals surface area contributed by atoms with Gasteiger partial charge in [-0.3, -0.25) is 4.79 Å². The van der Waals surface area contributed by atoms with Gasteiger partial charge in [-0.2, -0.15) is 0 Å². The van der Waals surface area contributed by atoms with E-state index in [9.17, 15) is 4.79 Å². The van der Waals surface area contributed by atoms with Gasteiger partial charge in [-0.1, -0.05) is 42.5 Å². The minimum absolute atomic E-state index is 0.132.